The van der Waals surface area contributed by atoms with E-state index in [1.165, 1.54) is 0 Å². The Morgan fingerprint density at radius 3 is 2.84 bits per heavy atom. The van der Waals surface area contributed by atoms with Crippen LogP contribution in [0.15, 0.2) is 10.9 Å². The number of hydrogen-bond acceptors (Lipinski definition) is 5. The molecule has 2 aromatic rings. The van der Waals surface area contributed by atoms with Crippen molar-refractivity contribution in [2.75, 3.05) is 19.8 Å². The van der Waals surface area contributed by atoms with Crippen molar-refractivity contribution in [2.45, 2.75) is 40.2 Å². The topological polar surface area (TPSA) is 73.4 Å². The van der Waals surface area contributed by atoms with Crippen LogP contribution in [-0.4, -0.2) is 45.3 Å². The van der Waals surface area contributed by atoms with Gasteiger partial charge in [-0.3, -0.25) is 4.79 Å². The van der Waals surface area contributed by atoms with E-state index in [0.717, 1.165) is 11.4 Å². The van der Waals surface area contributed by atoms with Crippen LogP contribution in [0.2, 0.25) is 0 Å². The molecular weight excluding hydrogens is 320 g/mol. The van der Waals surface area contributed by atoms with E-state index in [1.807, 2.05) is 22.8 Å². The summed E-state index contributed by atoms with van der Waals surface area (Å²) in [6.45, 7) is 10.2. The smallest absolute Gasteiger partial charge is 0.259 e. The minimum atomic E-state index is -0.0542. The highest BCUT2D eigenvalue weighted by atomic mass is 16.5. The third kappa shape index (κ3) is 3.46. The van der Waals surface area contributed by atoms with Crippen LogP contribution >= 0.6 is 0 Å². The quantitative estimate of drug-likeness (QED) is 0.831. The molecule has 1 aliphatic rings. The van der Waals surface area contributed by atoms with Crippen molar-refractivity contribution in [1.82, 2.24) is 19.6 Å². The lowest BCUT2D eigenvalue weighted by Gasteiger charge is -2.33. The van der Waals surface area contributed by atoms with Gasteiger partial charge in [-0.15, -0.1) is 0 Å². The molecule has 0 bridgehead atoms. The van der Waals surface area contributed by atoms with Crippen LogP contribution in [0.1, 0.15) is 53.0 Å². The Hall–Kier alpha value is -2.15. The Morgan fingerprint density at radius 2 is 2.20 bits per heavy atom. The molecule has 3 rings (SSSR count). The van der Waals surface area contributed by atoms with Crippen LogP contribution in [-0.2, 0) is 18.3 Å². The Bertz CT molecular complexity index is 743. The molecule has 1 unspecified atom stereocenters. The van der Waals surface area contributed by atoms with E-state index >= 15 is 0 Å². The van der Waals surface area contributed by atoms with E-state index in [4.69, 9.17) is 9.26 Å². The van der Waals surface area contributed by atoms with Crippen LogP contribution in [0, 0.1) is 19.8 Å². The minimum absolute atomic E-state index is 0.0542. The second-order valence-corrected chi connectivity index (χ2v) is 7.20. The Balaban J connectivity index is 1.83. The van der Waals surface area contributed by atoms with Crippen LogP contribution in [0.3, 0.4) is 0 Å². The van der Waals surface area contributed by atoms with Gasteiger partial charge in [-0.05, 0) is 19.8 Å². The SMILES string of the molecule is Cc1noc(C)c1C(=O)N1Cc2ncn(C)c2C(COCC(C)C)C1. The summed E-state index contributed by atoms with van der Waals surface area (Å²) in [7, 11) is 1.99. The first-order valence-corrected chi connectivity index (χ1v) is 8.68. The highest BCUT2D eigenvalue weighted by Gasteiger charge is 2.33. The summed E-state index contributed by atoms with van der Waals surface area (Å²) < 4.78 is 13.1. The Morgan fingerprint density at radius 1 is 1.44 bits per heavy atom. The van der Waals surface area contributed by atoms with Crippen LogP contribution < -0.4 is 0 Å². The fourth-order valence-electron chi connectivity index (χ4n) is 3.41. The number of rotatable bonds is 5. The van der Waals surface area contributed by atoms with Gasteiger partial charge in [0.15, 0.2) is 0 Å². The second kappa shape index (κ2) is 7.00. The molecule has 1 aliphatic heterocycles. The number of fused-ring (bicyclic) bond motifs is 1. The molecular formula is C18H26N4O3. The maximum Gasteiger partial charge on any atom is 0.259 e. The number of carbonyl (C=O) groups is 1. The molecule has 0 N–H and O–H groups in total. The summed E-state index contributed by atoms with van der Waals surface area (Å²) in [5.41, 5.74) is 3.28. The summed E-state index contributed by atoms with van der Waals surface area (Å²) in [6.07, 6.45) is 1.81. The van der Waals surface area contributed by atoms with Gasteiger partial charge >= 0.3 is 0 Å². The second-order valence-electron chi connectivity index (χ2n) is 7.20. The number of imidazole rings is 1. The summed E-state index contributed by atoms with van der Waals surface area (Å²) in [6, 6.07) is 0. The van der Waals surface area contributed by atoms with Crippen molar-refractivity contribution in [3.05, 3.63) is 34.7 Å². The number of aromatic nitrogens is 3. The van der Waals surface area contributed by atoms with Gasteiger partial charge in [0.05, 0.1) is 30.9 Å². The van der Waals surface area contributed by atoms with Crippen molar-refractivity contribution in [2.24, 2.45) is 13.0 Å². The highest BCUT2D eigenvalue weighted by molar-refractivity contribution is 5.96. The number of ether oxygens (including phenoxy) is 1. The molecule has 0 radical (unpaired) electrons. The summed E-state index contributed by atoms with van der Waals surface area (Å²) >= 11 is 0. The molecule has 7 heteroatoms. The first kappa shape index (κ1) is 17.7. The molecule has 0 aromatic carbocycles. The van der Waals surface area contributed by atoms with Crippen LogP contribution in [0.5, 0.6) is 0 Å². The lowest BCUT2D eigenvalue weighted by Crippen LogP contribution is -2.40. The third-order valence-electron chi connectivity index (χ3n) is 4.54. The maximum absolute atomic E-state index is 13.0. The van der Waals surface area contributed by atoms with E-state index in [1.54, 1.807) is 13.8 Å². The monoisotopic (exact) mass is 346 g/mol. The van der Waals surface area contributed by atoms with Gasteiger partial charge in [0, 0.05) is 31.8 Å². The van der Waals surface area contributed by atoms with Gasteiger partial charge in [-0.1, -0.05) is 19.0 Å². The van der Waals surface area contributed by atoms with E-state index in [-0.39, 0.29) is 11.8 Å². The maximum atomic E-state index is 13.0. The van der Waals surface area contributed by atoms with Gasteiger partial charge in [-0.25, -0.2) is 4.98 Å². The number of nitrogens with zero attached hydrogens (tertiary/aromatic N) is 4. The number of aryl methyl sites for hydroxylation is 3. The van der Waals surface area contributed by atoms with Crippen molar-refractivity contribution in [3.63, 3.8) is 0 Å². The predicted octanol–water partition coefficient (Wildman–Crippen LogP) is 2.44. The third-order valence-corrected chi connectivity index (χ3v) is 4.54. The van der Waals surface area contributed by atoms with Gasteiger partial charge < -0.3 is 18.7 Å². The summed E-state index contributed by atoms with van der Waals surface area (Å²) in [5, 5.41) is 3.90. The Labute approximate surface area is 148 Å². The molecule has 136 valence electrons. The molecule has 7 nitrogen and oxygen atoms in total. The molecule has 0 saturated carbocycles. The van der Waals surface area contributed by atoms with E-state index in [0.29, 0.717) is 49.2 Å². The molecule has 0 fully saturated rings. The number of amides is 1. The normalized spacial score (nSPS) is 17.2. The average Bonchev–Trinajstić information content (AvgIpc) is 3.09. The molecule has 0 aliphatic carbocycles. The zero-order chi connectivity index (χ0) is 18.1. The van der Waals surface area contributed by atoms with Crippen molar-refractivity contribution >= 4 is 5.91 Å². The average molecular weight is 346 g/mol. The highest BCUT2D eigenvalue weighted by Crippen LogP contribution is 2.29. The largest absolute Gasteiger partial charge is 0.380 e. The number of hydrogen-bond donors (Lipinski definition) is 0. The Kier molecular flexibility index (Phi) is 4.94. The zero-order valence-corrected chi connectivity index (χ0v) is 15.6. The van der Waals surface area contributed by atoms with Crippen LogP contribution in [0.4, 0.5) is 0 Å². The molecule has 2 aromatic heterocycles. The van der Waals surface area contributed by atoms with E-state index < -0.39 is 0 Å². The molecule has 0 spiro atoms. The molecule has 3 heterocycles. The lowest BCUT2D eigenvalue weighted by molar-refractivity contribution is 0.0590. The molecule has 1 atom stereocenters. The fraction of sp³-hybridized carbons (Fsp3) is 0.611. The molecule has 1 amide bonds. The molecule has 25 heavy (non-hydrogen) atoms. The molecule has 0 saturated heterocycles. The fourth-order valence-corrected chi connectivity index (χ4v) is 3.41. The standard InChI is InChI=1S/C18H26N4O3/c1-11(2)8-24-9-14-6-22(7-15-17(14)21(5)10-19-15)18(23)16-12(3)20-25-13(16)4/h10-11,14H,6-9H2,1-5H3. The van der Waals surface area contributed by atoms with E-state index in [9.17, 15) is 4.79 Å². The van der Waals surface area contributed by atoms with Crippen molar-refractivity contribution in [1.29, 1.82) is 0 Å². The van der Waals surface area contributed by atoms with Crippen molar-refractivity contribution < 1.29 is 14.1 Å². The van der Waals surface area contributed by atoms with Crippen molar-refractivity contribution in [3.8, 4) is 0 Å². The number of carbonyl (C=O) groups excluding carboxylic acids is 1. The summed E-state index contributed by atoms with van der Waals surface area (Å²) in [5.74, 6) is 1.09. The van der Waals surface area contributed by atoms with Gasteiger partial charge in [0.1, 0.15) is 11.3 Å². The van der Waals surface area contributed by atoms with Gasteiger partial charge in [0.25, 0.3) is 5.91 Å². The minimum Gasteiger partial charge on any atom is -0.380 e. The first-order valence-electron chi connectivity index (χ1n) is 8.68. The zero-order valence-electron chi connectivity index (χ0n) is 15.6. The van der Waals surface area contributed by atoms with Gasteiger partial charge in [-0.2, -0.15) is 0 Å². The van der Waals surface area contributed by atoms with E-state index in [2.05, 4.69) is 24.0 Å². The lowest BCUT2D eigenvalue weighted by atomic mass is 9.98. The first-order chi connectivity index (χ1) is 11.9. The van der Waals surface area contributed by atoms with Crippen LogP contribution in [0.25, 0.3) is 0 Å². The predicted molar refractivity (Wildman–Crippen MR) is 92.3 cm³/mol. The summed E-state index contributed by atoms with van der Waals surface area (Å²) in [4.78, 5) is 19.3. The van der Waals surface area contributed by atoms with Gasteiger partial charge in [0.2, 0.25) is 0 Å².